The van der Waals surface area contributed by atoms with E-state index < -0.39 is 34.5 Å². The van der Waals surface area contributed by atoms with Gasteiger partial charge < -0.3 is 10.2 Å². The Labute approximate surface area is 102 Å². The van der Waals surface area contributed by atoms with E-state index in [-0.39, 0.29) is 6.61 Å². The summed E-state index contributed by atoms with van der Waals surface area (Å²) in [6.45, 7) is 3.13. The summed E-state index contributed by atoms with van der Waals surface area (Å²) < 4.78 is 39.0. The van der Waals surface area contributed by atoms with Gasteiger partial charge in [-0.1, -0.05) is 0 Å². The summed E-state index contributed by atoms with van der Waals surface area (Å²) >= 11 is 0. The van der Waals surface area contributed by atoms with Crippen molar-refractivity contribution < 1.29 is 22.8 Å². The summed E-state index contributed by atoms with van der Waals surface area (Å²) in [6, 6.07) is 1.54. The van der Waals surface area contributed by atoms with E-state index in [0.29, 0.717) is 6.07 Å². The van der Waals surface area contributed by atoms with Gasteiger partial charge in [0, 0.05) is 0 Å². The molecule has 0 radical (unpaired) electrons. The molecule has 1 aromatic rings. The Morgan fingerprint density at radius 2 is 1.94 bits per heavy atom. The predicted molar refractivity (Wildman–Crippen MR) is 58.0 cm³/mol. The quantitative estimate of drug-likeness (QED) is 0.638. The minimum atomic E-state index is -1.68. The van der Waals surface area contributed by atoms with Crippen molar-refractivity contribution in [2.24, 2.45) is 5.90 Å². The van der Waals surface area contributed by atoms with Gasteiger partial charge in [0.2, 0.25) is 0 Å². The Morgan fingerprint density at radius 1 is 1.33 bits per heavy atom. The van der Waals surface area contributed by atoms with Crippen LogP contribution >= 0.6 is 0 Å². The second-order valence-electron chi connectivity index (χ2n) is 4.37. The van der Waals surface area contributed by atoms with Crippen molar-refractivity contribution in [2.75, 3.05) is 6.61 Å². The van der Waals surface area contributed by atoms with E-state index in [1.165, 1.54) is 0 Å². The molecule has 0 saturated heterocycles. The van der Waals surface area contributed by atoms with Gasteiger partial charge in [-0.2, -0.15) is 0 Å². The first-order valence-electron chi connectivity index (χ1n) is 5.06. The summed E-state index contributed by atoms with van der Waals surface area (Å²) in [5.41, 5.74) is -1.46. The minimum absolute atomic E-state index is 0.0238. The standard InChI is InChI=1S/C11H13F3N2O2/c1-11(2,5-18-15)16-10(17)6-3-4-7(12)9(14)8(6)13/h3-4H,5,15H2,1-2H3,(H,16,17). The SMILES string of the molecule is CC(C)(CON)NC(=O)c1ccc(F)c(F)c1F. The van der Waals surface area contributed by atoms with Crippen molar-refractivity contribution in [1.29, 1.82) is 0 Å². The van der Waals surface area contributed by atoms with Crippen molar-refractivity contribution >= 4 is 5.91 Å². The van der Waals surface area contributed by atoms with Crippen molar-refractivity contribution in [3.05, 3.63) is 35.1 Å². The smallest absolute Gasteiger partial charge is 0.254 e. The molecule has 0 aromatic heterocycles. The zero-order chi connectivity index (χ0) is 13.9. The molecule has 7 heteroatoms. The van der Waals surface area contributed by atoms with Crippen LogP contribution in [0.5, 0.6) is 0 Å². The fourth-order valence-electron chi connectivity index (χ4n) is 1.32. The third-order valence-corrected chi connectivity index (χ3v) is 2.18. The van der Waals surface area contributed by atoms with Crippen LogP contribution < -0.4 is 11.2 Å². The number of nitrogens with two attached hydrogens (primary N) is 1. The van der Waals surface area contributed by atoms with Gasteiger partial charge in [0.1, 0.15) is 0 Å². The van der Waals surface area contributed by atoms with Crippen LogP contribution in [0, 0.1) is 17.5 Å². The van der Waals surface area contributed by atoms with E-state index in [4.69, 9.17) is 5.90 Å². The molecule has 1 rings (SSSR count). The highest BCUT2D eigenvalue weighted by molar-refractivity contribution is 5.94. The lowest BCUT2D eigenvalue weighted by Crippen LogP contribution is -2.47. The zero-order valence-electron chi connectivity index (χ0n) is 9.89. The summed E-state index contributed by atoms with van der Waals surface area (Å²) in [5, 5.41) is 2.39. The molecule has 100 valence electrons. The highest BCUT2D eigenvalue weighted by atomic mass is 19.2. The number of hydrogen-bond donors (Lipinski definition) is 2. The van der Waals surface area contributed by atoms with Gasteiger partial charge in [-0.3, -0.25) is 4.79 Å². The van der Waals surface area contributed by atoms with Crippen molar-refractivity contribution in [3.8, 4) is 0 Å². The molecule has 0 atom stereocenters. The van der Waals surface area contributed by atoms with Crippen LogP contribution in [-0.4, -0.2) is 18.1 Å². The molecule has 0 aliphatic heterocycles. The molecule has 0 aliphatic rings. The van der Waals surface area contributed by atoms with Crippen LogP contribution in [0.3, 0.4) is 0 Å². The van der Waals surface area contributed by atoms with Crippen LogP contribution in [0.2, 0.25) is 0 Å². The molecule has 4 nitrogen and oxygen atoms in total. The largest absolute Gasteiger partial charge is 0.345 e. The van der Waals surface area contributed by atoms with Gasteiger partial charge in [0.15, 0.2) is 17.5 Å². The van der Waals surface area contributed by atoms with Crippen molar-refractivity contribution in [1.82, 2.24) is 5.32 Å². The van der Waals surface area contributed by atoms with Gasteiger partial charge in [0.25, 0.3) is 5.91 Å². The van der Waals surface area contributed by atoms with Gasteiger partial charge in [-0.25, -0.2) is 19.1 Å². The molecule has 0 bridgehead atoms. The number of nitrogens with one attached hydrogen (secondary N) is 1. The van der Waals surface area contributed by atoms with E-state index in [1.54, 1.807) is 13.8 Å². The van der Waals surface area contributed by atoms with Gasteiger partial charge in [0.05, 0.1) is 17.7 Å². The normalized spacial score (nSPS) is 11.4. The van der Waals surface area contributed by atoms with Gasteiger partial charge in [-0.15, -0.1) is 0 Å². The molecule has 0 aliphatic carbocycles. The Morgan fingerprint density at radius 3 is 2.50 bits per heavy atom. The van der Waals surface area contributed by atoms with Crippen LogP contribution in [-0.2, 0) is 4.84 Å². The van der Waals surface area contributed by atoms with E-state index in [0.717, 1.165) is 6.07 Å². The molecular formula is C11H13F3N2O2. The summed E-state index contributed by atoms with van der Waals surface area (Å²) in [6.07, 6.45) is 0. The van der Waals surface area contributed by atoms with Gasteiger partial charge >= 0.3 is 0 Å². The zero-order valence-corrected chi connectivity index (χ0v) is 9.89. The van der Waals surface area contributed by atoms with Crippen molar-refractivity contribution in [2.45, 2.75) is 19.4 Å². The highest BCUT2D eigenvalue weighted by Crippen LogP contribution is 2.16. The van der Waals surface area contributed by atoms with Crippen LogP contribution in [0.25, 0.3) is 0 Å². The molecule has 1 aromatic carbocycles. The maximum Gasteiger partial charge on any atom is 0.254 e. The topological polar surface area (TPSA) is 64.3 Å². The second-order valence-corrected chi connectivity index (χ2v) is 4.37. The number of benzene rings is 1. The van der Waals surface area contributed by atoms with Crippen molar-refractivity contribution in [3.63, 3.8) is 0 Å². The van der Waals surface area contributed by atoms with E-state index >= 15 is 0 Å². The number of rotatable bonds is 4. The monoisotopic (exact) mass is 262 g/mol. The summed E-state index contributed by atoms with van der Waals surface area (Å²) in [5.74, 6) is -0.582. The molecule has 3 N–H and O–H groups in total. The average molecular weight is 262 g/mol. The fourth-order valence-corrected chi connectivity index (χ4v) is 1.32. The maximum absolute atomic E-state index is 13.3. The third-order valence-electron chi connectivity index (χ3n) is 2.18. The first-order valence-corrected chi connectivity index (χ1v) is 5.06. The molecule has 1 amide bonds. The summed E-state index contributed by atoms with van der Waals surface area (Å²) in [7, 11) is 0. The molecule has 0 fully saturated rings. The number of halogens is 3. The molecule has 0 spiro atoms. The molecular weight excluding hydrogens is 249 g/mol. The van der Waals surface area contributed by atoms with Crippen LogP contribution in [0.1, 0.15) is 24.2 Å². The number of carbonyl (C=O) groups excluding carboxylic acids is 1. The van der Waals surface area contributed by atoms with E-state index in [2.05, 4.69) is 10.2 Å². The lowest BCUT2D eigenvalue weighted by Gasteiger charge is -2.24. The molecule has 0 saturated carbocycles. The maximum atomic E-state index is 13.3. The number of amides is 1. The summed E-state index contributed by atoms with van der Waals surface area (Å²) in [4.78, 5) is 16.1. The first kappa shape index (κ1) is 14.5. The molecule has 0 unspecified atom stereocenters. The highest BCUT2D eigenvalue weighted by Gasteiger charge is 2.25. The lowest BCUT2D eigenvalue weighted by molar-refractivity contribution is 0.0684. The predicted octanol–water partition coefficient (Wildman–Crippen LogP) is 1.50. The Kier molecular flexibility index (Phi) is 4.31. The molecule has 18 heavy (non-hydrogen) atoms. The Balaban J connectivity index is 2.95. The van der Waals surface area contributed by atoms with Gasteiger partial charge in [-0.05, 0) is 26.0 Å². The van der Waals surface area contributed by atoms with Crippen LogP contribution in [0.4, 0.5) is 13.2 Å². The minimum Gasteiger partial charge on any atom is -0.345 e. The average Bonchev–Trinajstić information content (AvgIpc) is 2.25. The fraction of sp³-hybridized carbons (Fsp3) is 0.364. The third kappa shape index (κ3) is 3.21. The Hall–Kier alpha value is -1.60. The van der Waals surface area contributed by atoms with Crippen LogP contribution in [0.15, 0.2) is 12.1 Å². The first-order chi connectivity index (χ1) is 8.28. The lowest BCUT2D eigenvalue weighted by atomic mass is 10.1. The Bertz CT molecular complexity index is 464. The number of hydrogen-bond acceptors (Lipinski definition) is 3. The van der Waals surface area contributed by atoms with E-state index in [1.807, 2.05) is 0 Å². The van der Waals surface area contributed by atoms with E-state index in [9.17, 15) is 18.0 Å². The number of carbonyl (C=O) groups is 1. The molecule has 0 heterocycles. The second kappa shape index (κ2) is 5.36.